The van der Waals surface area contributed by atoms with Gasteiger partial charge >= 0.3 is 0 Å². The van der Waals surface area contributed by atoms with Crippen molar-refractivity contribution >= 4 is 28.2 Å². The monoisotopic (exact) mass is 463 g/mol. The molecule has 0 unspecified atom stereocenters. The Labute approximate surface area is 205 Å². The third-order valence-corrected chi connectivity index (χ3v) is 7.82. The molecule has 2 N–H and O–H groups in total. The van der Waals surface area contributed by atoms with Crippen molar-refractivity contribution in [3.8, 4) is 17.4 Å². The lowest BCUT2D eigenvalue weighted by atomic mass is 9.69. The Morgan fingerprint density at radius 2 is 1.77 bits per heavy atom. The number of nitrogen functional groups attached to an aromatic ring is 1. The first-order valence-electron chi connectivity index (χ1n) is 12.2. The molecule has 0 saturated carbocycles. The predicted molar refractivity (Wildman–Crippen MR) is 139 cm³/mol. The highest BCUT2D eigenvalue weighted by atomic mass is 16.3. The smallest absolute Gasteiger partial charge is 0.165 e. The molecule has 4 heterocycles. The number of aromatic nitrogens is 1. The van der Waals surface area contributed by atoms with Gasteiger partial charge in [0.25, 0.3) is 0 Å². The van der Waals surface area contributed by atoms with Gasteiger partial charge in [-0.05, 0) is 53.5 Å². The third kappa shape index (κ3) is 3.22. The van der Waals surface area contributed by atoms with E-state index in [2.05, 4.69) is 55.8 Å². The lowest BCUT2D eigenvalue weighted by molar-refractivity contribution is 0.400. The maximum Gasteiger partial charge on any atom is 0.165 e. The fourth-order valence-electron chi connectivity index (χ4n) is 5.68. The summed E-state index contributed by atoms with van der Waals surface area (Å²) in [6.07, 6.45) is 2.16. The number of pyridine rings is 1. The summed E-state index contributed by atoms with van der Waals surface area (Å²) in [5.41, 5.74) is 13.1. The summed E-state index contributed by atoms with van der Waals surface area (Å²) in [6.45, 7) is 11.3. The van der Waals surface area contributed by atoms with Gasteiger partial charge in [-0.2, -0.15) is 5.26 Å². The van der Waals surface area contributed by atoms with Crippen molar-refractivity contribution in [2.45, 2.75) is 51.4 Å². The molecule has 0 aliphatic carbocycles. The van der Waals surface area contributed by atoms with Crippen LogP contribution < -0.4 is 16.1 Å². The highest BCUT2D eigenvalue weighted by Crippen LogP contribution is 2.52. The Morgan fingerprint density at radius 3 is 2.49 bits per heavy atom. The molecule has 2 aromatic carbocycles. The lowest BCUT2D eigenvalue weighted by Crippen LogP contribution is -2.44. The molecule has 176 valence electrons. The van der Waals surface area contributed by atoms with Crippen LogP contribution in [0.25, 0.3) is 22.3 Å². The third-order valence-electron chi connectivity index (χ3n) is 7.82. The Hall–Kier alpha value is -3.85. The lowest BCUT2D eigenvalue weighted by Gasteiger charge is -2.48. The van der Waals surface area contributed by atoms with Gasteiger partial charge in [-0.1, -0.05) is 45.9 Å². The van der Waals surface area contributed by atoms with E-state index in [4.69, 9.17) is 15.1 Å². The van der Waals surface area contributed by atoms with E-state index in [9.17, 15) is 5.26 Å². The minimum absolute atomic E-state index is 0.0611. The second kappa shape index (κ2) is 7.32. The van der Waals surface area contributed by atoms with Crippen molar-refractivity contribution in [1.29, 1.82) is 5.26 Å². The molecule has 0 saturated heterocycles. The van der Waals surface area contributed by atoms with Gasteiger partial charge < -0.3 is 15.1 Å². The molecule has 0 bridgehead atoms. The highest BCUT2D eigenvalue weighted by Gasteiger charge is 2.42. The Morgan fingerprint density at radius 1 is 1.06 bits per heavy atom. The first-order valence-corrected chi connectivity index (χ1v) is 12.2. The van der Waals surface area contributed by atoms with Crippen LogP contribution in [0.4, 0.5) is 17.2 Å². The molecule has 0 radical (unpaired) electrons. The number of hydrogen-bond donors (Lipinski definition) is 1. The number of anilines is 2. The Balaban J connectivity index is 1.78. The standard InChI is InChI=1S/C29H29N5O/c1-28(2)10-12-34-13-11-29(3,4)22-23(34)21(28)15-17-14-19-25(35-24(17)22)20(16-30)26(31)33-27(19)32-18-8-6-5-7-9-18/h5-9,14-15H,10-13H2,1-4H3,(H2,31,32,33). The molecule has 0 atom stereocenters. The molecule has 6 nitrogen and oxygen atoms in total. The van der Waals surface area contributed by atoms with Crippen LogP contribution >= 0.6 is 0 Å². The van der Waals surface area contributed by atoms with Crippen LogP contribution in [0.15, 0.2) is 51.9 Å². The number of fused-ring (bicyclic) bond motifs is 3. The van der Waals surface area contributed by atoms with Crippen LogP contribution in [0.1, 0.15) is 57.2 Å². The topological polar surface area (TPSA) is 91.4 Å². The maximum absolute atomic E-state index is 9.94. The molecule has 6 rings (SSSR count). The minimum Gasteiger partial charge on any atom is -0.454 e. The minimum atomic E-state index is -0.0622. The van der Waals surface area contributed by atoms with E-state index in [0.717, 1.165) is 42.6 Å². The summed E-state index contributed by atoms with van der Waals surface area (Å²) < 4.78 is 6.67. The molecule has 0 aromatic heterocycles. The molecule has 35 heavy (non-hydrogen) atoms. The molecule has 0 fully saturated rings. The summed E-state index contributed by atoms with van der Waals surface area (Å²) in [5, 5.41) is 11.0. The normalized spacial score (nSPS) is 18.5. The van der Waals surface area contributed by atoms with Gasteiger partial charge in [0.2, 0.25) is 0 Å². The molecule has 6 heteroatoms. The average Bonchev–Trinajstić information content (AvgIpc) is 2.82. The van der Waals surface area contributed by atoms with Crippen LogP contribution in [0, 0.1) is 11.3 Å². The van der Waals surface area contributed by atoms with E-state index >= 15 is 0 Å². The number of benzene rings is 2. The first kappa shape index (κ1) is 21.7. The van der Waals surface area contributed by atoms with E-state index < -0.39 is 0 Å². The largest absolute Gasteiger partial charge is 0.454 e. The maximum atomic E-state index is 9.94. The second-order valence-corrected chi connectivity index (χ2v) is 11.1. The summed E-state index contributed by atoms with van der Waals surface area (Å²) in [7, 11) is 0. The fraction of sp³-hybridized carbons (Fsp3) is 0.345. The summed E-state index contributed by atoms with van der Waals surface area (Å²) >= 11 is 0. The van der Waals surface area contributed by atoms with Crippen molar-refractivity contribution in [3.05, 3.63) is 64.6 Å². The van der Waals surface area contributed by atoms with E-state index in [-0.39, 0.29) is 22.2 Å². The van der Waals surface area contributed by atoms with Gasteiger partial charge in [-0.25, -0.2) is 9.98 Å². The van der Waals surface area contributed by atoms with Crippen LogP contribution in [0.3, 0.4) is 0 Å². The van der Waals surface area contributed by atoms with Gasteiger partial charge in [-0.15, -0.1) is 0 Å². The number of nitriles is 1. The zero-order valence-electron chi connectivity index (χ0n) is 20.6. The van der Waals surface area contributed by atoms with Gasteiger partial charge in [0, 0.05) is 29.7 Å². The molecule has 0 amide bonds. The van der Waals surface area contributed by atoms with E-state index in [1.54, 1.807) is 0 Å². The van der Waals surface area contributed by atoms with Gasteiger partial charge in [0.15, 0.2) is 11.2 Å². The predicted octanol–water partition coefficient (Wildman–Crippen LogP) is 5.79. The van der Waals surface area contributed by atoms with Crippen LogP contribution in [-0.4, -0.2) is 18.1 Å². The van der Waals surface area contributed by atoms with Gasteiger partial charge in [0.05, 0.1) is 11.3 Å². The first-order chi connectivity index (χ1) is 16.7. The molecule has 4 aliphatic rings. The molecule has 0 spiro atoms. The summed E-state index contributed by atoms with van der Waals surface area (Å²) in [6, 6.07) is 16.2. The van der Waals surface area contributed by atoms with Crippen LogP contribution in [0.2, 0.25) is 0 Å². The van der Waals surface area contributed by atoms with Crippen molar-refractivity contribution in [2.24, 2.45) is 4.99 Å². The number of nitrogens with zero attached hydrogens (tertiary/aromatic N) is 4. The zero-order chi connectivity index (χ0) is 24.5. The second-order valence-electron chi connectivity index (χ2n) is 11.1. The van der Waals surface area contributed by atoms with E-state index in [1.807, 2.05) is 30.3 Å². The summed E-state index contributed by atoms with van der Waals surface area (Å²) in [4.78, 5) is 11.8. The van der Waals surface area contributed by atoms with Gasteiger partial charge in [-0.3, -0.25) is 0 Å². The van der Waals surface area contributed by atoms with Crippen LogP contribution in [0.5, 0.6) is 0 Å². The van der Waals surface area contributed by atoms with Crippen molar-refractivity contribution in [1.82, 2.24) is 4.98 Å². The van der Waals surface area contributed by atoms with Crippen LogP contribution in [-0.2, 0) is 10.8 Å². The van der Waals surface area contributed by atoms with Crippen molar-refractivity contribution in [2.75, 3.05) is 23.7 Å². The van der Waals surface area contributed by atoms with Crippen molar-refractivity contribution in [3.63, 3.8) is 0 Å². The average molecular weight is 464 g/mol. The molecular weight excluding hydrogens is 434 g/mol. The highest BCUT2D eigenvalue weighted by molar-refractivity contribution is 5.94. The SMILES string of the molecule is CC1(C)CCN2CCC(C)(C)c3c2c1cc1cc2c(=Nc4ccccc4)nc(N)c(C#N)c-2oc31. The Kier molecular flexibility index (Phi) is 4.53. The number of rotatable bonds is 1. The number of hydrogen-bond acceptors (Lipinski definition) is 6. The van der Waals surface area contributed by atoms with Crippen molar-refractivity contribution < 1.29 is 4.42 Å². The molecular formula is C29H29N5O. The molecule has 4 aliphatic heterocycles. The number of nitrogens with two attached hydrogens (primary N) is 1. The summed E-state index contributed by atoms with van der Waals surface area (Å²) in [5.74, 6) is 0.577. The van der Waals surface area contributed by atoms with E-state index in [1.165, 1.54) is 16.8 Å². The Bertz CT molecular complexity index is 1570. The fourth-order valence-corrected chi connectivity index (χ4v) is 5.68. The zero-order valence-corrected chi connectivity index (χ0v) is 20.6. The quantitative estimate of drug-likeness (QED) is 0.361. The molecule has 2 aromatic rings. The number of para-hydroxylation sites is 1. The van der Waals surface area contributed by atoms with E-state index in [0.29, 0.717) is 16.8 Å². The van der Waals surface area contributed by atoms with Gasteiger partial charge in [0.1, 0.15) is 23.0 Å².